The lowest BCUT2D eigenvalue weighted by Crippen LogP contribution is -1.93. The monoisotopic (exact) mass is 262 g/mol. The minimum atomic E-state index is -0.763. The number of benzene rings is 2. The normalized spacial score (nSPS) is 9.68. The van der Waals surface area contributed by atoms with E-state index in [0.29, 0.717) is 10.9 Å². The summed E-state index contributed by atoms with van der Waals surface area (Å²) in [5, 5.41) is 9.82. The molecule has 0 radical (unpaired) electrons. The molecule has 0 aliphatic rings. The average Bonchev–Trinajstić information content (AvgIpc) is 2.32. The van der Waals surface area contributed by atoms with Crippen molar-refractivity contribution in [3.05, 3.63) is 41.0 Å². The van der Waals surface area contributed by atoms with Gasteiger partial charge in [-0.1, -0.05) is 26.2 Å². The van der Waals surface area contributed by atoms with Gasteiger partial charge in [0.2, 0.25) is 0 Å². The van der Waals surface area contributed by atoms with Crippen LogP contribution >= 0.6 is 0 Å². The first kappa shape index (κ1) is 15.0. The van der Waals surface area contributed by atoms with Gasteiger partial charge < -0.3 is 5.11 Å². The lowest BCUT2D eigenvalue weighted by molar-refractivity contribution is 0.475. The highest BCUT2D eigenvalue weighted by atomic mass is 19.1. The van der Waals surface area contributed by atoms with E-state index in [1.807, 2.05) is 0 Å². The Morgan fingerprint density at radius 2 is 1.74 bits per heavy atom. The molecule has 0 atom stereocenters. The number of terminal acetylenes is 1. The van der Waals surface area contributed by atoms with Crippen molar-refractivity contribution in [2.75, 3.05) is 0 Å². The van der Waals surface area contributed by atoms with Crippen molar-refractivity contribution in [3.8, 4) is 18.1 Å². The quantitative estimate of drug-likeness (QED) is 0.691. The van der Waals surface area contributed by atoms with Gasteiger partial charge in [0, 0.05) is 16.8 Å². The van der Waals surface area contributed by atoms with Crippen molar-refractivity contribution < 1.29 is 13.9 Å². The minimum Gasteiger partial charge on any atom is -0.508 e. The van der Waals surface area contributed by atoms with Crippen LogP contribution in [-0.2, 0) is 0 Å². The zero-order chi connectivity index (χ0) is 14.6. The van der Waals surface area contributed by atoms with E-state index in [0.717, 1.165) is 6.07 Å². The van der Waals surface area contributed by atoms with Crippen molar-refractivity contribution in [2.24, 2.45) is 0 Å². The Morgan fingerprint density at radius 3 is 2.26 bits per heavy atom. The fraction of sp³-hybridized carbons (Fsp3) is 0.250. The SMILES string of the molecule is C#Cc1c(F)cc(F)c2cc(O)cc(C)c12.CCC. The third kappa shape index (κ3) is 3.03. The van der Waals surface area contributed by atoms with Gasteiger partial charge in [0.15, 0.2) is 0 Å². The molecule has 0 bridgehead atoms. The molecular formula is C16H16F2O. The van der Waals surface area contributed by atoms with E-state index in [9.17, 15) is 13.9 Å². The van der Waals surface area contributed by atoms with Crippen molar-refractivity contribution in [1.82, 2.24) is 0 Å². The van der Waals surface area contributed by atoms with E-state index in [1.165, 1.54) is 18.6 Å². The number of halogens is 2. The fourth-order valence-corrected chi connectivity index (χ4v) is 1.81. The maximum atomic E-state index is 13.5. The summed E-state index contributed by atoms with van der Waals surface area (Å²) in [6.45, 7) is 5.89. The first-order valence-corrected chi connectivity index (χ1v) is 6.04. The number of hydrogen-bond acceptors (Lipinski definition) is 1. The second-order valence-electron chi connectivity index (χ2n) is 4.25. The van der Waals surface area contributed by atoms with Crippen molar-refractivity contribution in [2.45, 2.75) is 27.2 Å². The van der Waals surface area contributed by atoms with Crippen LogP contribution in [0.5, 0.6) is 5.75 Å². The standard InChI is InChI=1S/C13H8F2O.C3H8/c1-3-9-11(14)6-12(15)10-5-8(16)4-7(2)13(9)10;1-3-2/h1,4-6,16H,2H3;3H2,1-2H3. The van der Waals surface area contributed by atoms with Crippen LogP contribution in [0, 0.1) is 30.9 Å². The molecule has 0 aliphatic heterocycles. The lowest BCUT2D eigenvalue weighted by atomic mass is 9.99. The summed E-state index contributed by atoms with van der Waals surface area (Å²) in [6.07, 6.45) is 6.45. The molecule has 0 spiro atoms. The highest BCUT2D eigenvalue weighted by Gasteiger charge is 2.13. The summed E-state index contributed by atoms with van der Waals surface area (Å²) in [7, 11) is 0. The van der Waals surface area contributed by atoms with E-state index in [-0.39, 0.29) is 16.7 Å². The summed E-state index contributed by atoms with van der Waals surface area (Å²) >= 11 is 0. The Kier molecular flexibility index (Phi) is 4.88. The summed E-state index contributed by atoms with van der Waals surface area (Å²) in [6, 6.07) is 3.39. The summed E-state index contributed by atoms with van der Waals surface area (Å²) in [5.41, 5.74) is 0.565. The summed E-state index contributed by atoms with van der Waals surface area (Å²) < 4.78 is 26.9. The third-order valence-corrected chi connectivity index (χ3v) is 2.46. The van der Waals surface area contributed by atoms with Crippen LogP contribution in [0.4, 0.5) is 8.78 Å². The van der Waals surface area contributed by atoms with Crippen LogP contribution in [0.25, 0.3) is 10.8 Å². The van der Waals surface area contributed by atoms with Crippen LogP contribution in [-0.4, -0.2) is 5.11 Å². The largest absolute Gasteiger partial charge is 0.508 e. The van der Waals surface area contributed by atoms with Crippen LogP contribution in [0.3, 0.4) is 0 Å². The van der Waals surface area contributed by atoms with E-state index in [2.05, 4.69) is 19.8 Å². The maximum absolute atomic E-state index is 13.5. The van der Waals surface area contributed by atoms with Gasteiger partial charge in [0.1, 0.15) is 17.4 Å². The van der Waals surface area contributed by atoms with Gasteiger partial charge in [-0.2, -0.15) is 0 Å². The Morgan fingerprint density at radius 1 is 1.16 bits per heavy atom. The van der Waals surface area contributed by atoms with Crippen LogP contribution < -0.4 is 0 Å². The van der Waals surface area contributed by atoms with Gasteiger partial charge >= 0.3 is 0 Å². The van der Waals surface area contributed by atoms with Crippen LogP contribution in [0.2, 0.25) is 0 Å². The van der Waals surface area contributed by atoms with E-state index >= 15 is 0 Å². The molecule has 0 saturated heterocycles. The zero-order valence-electron chi connectivity index (χ0n) is 11.2. The molecule has 19 heavy (non-hydrogen) atoms. The van der Waals surface area contributed by atoms with Gasteiger partial charge in [-0.15, -0.1) is 6.42 Å². The van der Waals surface area contributed by atoms with Gasteiger partial charge in [-0.05, 0) is 24.6 Å². The molecule has 0 aromatic heterocycles. The molecule has 0 heterocycles. The number of phenolic OH excluding ortho intramolecular Hbond substituents is 1. The van der Waals surface area contributed by atoms with E-state index in [1.54, 1.807) is 6.92 Å². The molecule has 2 aromatic carbocycles. The van der Waals surface area contributed by atoms with E-state index in [4.69, 9.17) is 6.42 Å². The number of rotatable bonds is 0. The molecule has 100 valence electrons. The predicted molar refractivity (Wildman–Crippen MR) is 74.2 cm³/mol. The Balaban J connectivity index is 0.000000550. The molecule has 2 rings (SSSR count). The Hall–Kier alpha value is -2.08. The van der Waals surface area contributed by atoms with Crippen LogP contribution in [0.15, 0.2) is 18.2 Å². The van der Waals surface area contributed by atoms with Gasteiger partial charge in [-0.3, -0.25) is 0 Å². The number of aromatic hydroxyl groups is 1. The fourth-order valence-electron chi connectivity index (χ4n) is 1.81. The second-order valence-corrected chi connectivity index (χ2v) is 4.25. The van der Waals surface area contributed by atoms with Crippen LogP contribution in [0.1, 0.15) is 31.4 Å². The van der Waals surface area contributed by atoms with Gasteiger partial charge in [0.25, 0.3) is 0 Å². The predicted octanol–water partition coefficient (Wildman–Crippen LogP) is 4.53. The second kappa shape index (κ2) is 6.19. The first-order valence-electron chi connectivity index (χ1n) is 6.04. The number of hydrogen-bond donors (Lipinski definition) is 1. The minimum absolute atomic E-state index is 0.0221. The first-order chi connectivity index (χ1) is 8.96. The smallest absolute Gasteiger partial charge is 0.142 e. The van der Waals surface area contributed by atoms with Crippen molar-refractivity contribution >= 4 is 10.8 Å². The molecule has 3 heteroatoms. The molecule has 0 saturated carbocycles. The highest BCUT2D eigenvalue weighted by Crippen LogP contribution is 2.30. The summed E-state index contributed by atoms with van der Waals surface area (Å²) in [4.78, 5) is 0. The summed E-state index contributed by atoms with van der Waals surface area (Å²) in [5.74, 6) is 0.638. The topological polar surface area (TPSA) is 20.2 Å². The molecule has 0 fully saturated rings. The molecule has 1 N–H and O–H groups in total. The number of aryl methyl sites for hydroxylation is 1. The number of fused-ring (bicyclic) bond motifs is 1. The molecule has 0 unspecified atom stereocenters. The molecule has 2 aromatic rings. The maximum Gasteiger partial charge on any atom is 0.142 e. The van der Waals surface area contributed by atoms with Gasteiger partial charge in [0.05, 0.1) is 5.56 Å². The average molecular weight is 262 g/mol. The highest BCUT2D eigenvalue weighted by molar-refractivity contribution is 5.92. The van der Waals surface area contributed by atoms with Crippen molar-refractivity contribution in [1.29, 1.82) is 0 Å². The molecule has 1 nitrogen and oxygen atoms in total. The van der Waals surface area contributed by atoms with E-state index < -0.39 is 11.6 Å². The Bertz CT molecular complexity index is 639. The molecule has 0 aliphatic carbocycles. The third-order valence-electron chi connectivity index (χ3n) is 2.46. The number of phenols is 1. The lowest BCUT2D eigenvalue weighted by Gasteiger charge is -2.08. The Labute approximate surface area is 111 Å². The zero-order valence-corrected chi connectivity index (χ0v) is 11.2. The molecule has 0 amide bonds. The van der Waals surface area contributed by atoms with Crippen molar-refractivity contribution in [3.63, 3.8) is 0 Å². The van der Waals surface area contributed by atoms with Gasteiger partial charge in [-0.25, -0.2) is 8.78 Å². The molecular weight excluding hydrogens is 246 g/mol.